The van der Waals surface area contributed by atoms with Crippen molar-refractivity contribution in [1.29, 1.82) is 0 Å². The minimum absolute atomic E-state index is 0.539. The van der Waals surface area contributed by atoms with Gasteiger partial charge in [-0.1, -0.05) is 48.9 Å². The molecule has 0 spiro atoms. The van der Waals surface area contributed by atoms with Gasteiger partial charge in [-0.15, -0.1) is 0 Å². The zero-order valence-corrected chi connectivity index (χ0v) is 14.4. The number of carbonyl (C=O) groups is 1. The maximum Gasteiger partial charge on any atom is 0.170 e. The minimum Gasteiger partial charge on any atom is -0.492 e. The maximum atomic E-state index is 11.6. The average molecular weight is 339 g/mol. The fourth-order valence-electron chi connectivity index (χ4n) is 3.28. The van der Waals surface area contributed by atoms with Gasteiger partial charge in [-0.2, -0.15) is 0 Å². The van der Waals surface area contributed by atoms with E-state index in [0.717, 1.165) is 25.4 Å². The number of piperidine rings is 1. The molecule has 3 rings (SSSR count). The third-order valence-corrected chi connectivity index (χ3v) is 4.80. The summed E-state index contributed by atoms with van der Waals surface area (Å²) in [5, 5.41) is 10.8. The lowest BCUT2D eigenvalue weighted by Gasteiger charge is -2.26. The number of aldehydes is 1. The maximum absolute atomic E-state index is 11.6. The molecule has 2 aromatic carbocycles. The highest BCUT2D eigenvalue weighted by molar-refractivity contribution is 5.72. The van der Waals surface area contributed by atoms with E-state index in [2.05, 4.69) is 4.90 Å². The summed E-state index contributed by atoms with van der Waals surface area (Å²) in [4.78, 5) is 14.0. The fraction of sp³-hybridized carbons (Fsp3) is 0.381. The van der Waals surface area contributed by atoms with Crippen LogP contribution in [0.1, 0.15) is 30.4 Å². The standard InChI is InChI=1S/C21H25NO3/c23-17-21(24,18-7-3-1-4-8-18)19-9-11-20(12-10-19)25-16-15-22-13-5-2-6-14-22/h1,3-4,7-12,17,24H,2,5-6,13-16H2. The molecule has 0 saturated carbocycles. The zero-order chi connectivity index (χ0) is 17.5. The Balaban J connectivity index is 1.62. The van der Waals surface area contributed by atoms with Crippen molar-refractivity contribution in [3.8, 4) is 5.75 Å². The lowest BCUT2D eigenvalue weighted by atomic mass is 9.88. The van der Waals surface area contributed by atoms with Gasteiger partial charge < -0.3 is 9.84 Å². The number of benzene rings is 2. The van der Waals surface area contributed by atoms with Crippen LogP contribution in [-0.2, 0) is 10.4 Å². The Hall–Kier alpha value is -2.17. The molecule has 0 radical (unpaired) electrons. The van der Waals surface area contributed by atoms with Gasteiger partial charge in [-0.3, -0.25) is 9.69 Å². The van der Waals surface area contributed by atoms with Gasteiger partial charge in [0.25, 0.3) is 0 Å². The molecule has 1 fully saturated rings. The summed E-state index contributed by atoms with van der Waals surface area (Å²) in [6, 6.07) is 16.1. The first-order valence-corrected chi connectivity index (χ1v) is 8.92. The van der Waals surface area contributed by atoms with E-state index in [-0.39, 0.29) is 0 Å². The van der Waals surface area contributed by atoms with Crippen molar-refractivity contribution in [2.75, 3.05) is 26.2 Å². The first kappa shape index (κ1) is 17.6. The first-order valence-electron chi connectivity index (χ1n) is 8.92. The van der Waals surface area contributed by atoms with Crippen LogP contribution < -0.4 is 4.74 Å². The molecule has 132 valence electrons. The van der Waals surface area contributed by atoms with Crippen LogP contribution in [0.3, 0.4) is 0 Å². The predicted molar refractivity (Wildman–Crippen MR) is 97.7 cm³/mol. The third-order valence-electron chi connectivity index (χ3n) is 4.80. The highest BCUT2D eigenvalue weighted by atomic mass is 16.5. The predicted octanol–water partition coefficient (Wildman–Crippen LogP) is 2.99. The summed E-state index contributed by atoms with van der Waals surface area (Å²) >= 11 is 0. The summed E-state index contributed by atoms with van der Waals surface area (Å²) in [5.41, 5.74) is -0.533. The Morgan fingerprint density at radius 3 is 2.24 bits per heavy atom. The van der Waals surface area contributed by atoms with Crippen molar-refractivity contribution in [3.05, 3.63) is 65.7 Å². The summed E-state index contributed by atoms with van der Waals surface area (Å²) in [6.07, 6.45) is 4.46. The third kappa shape index (κ3) is 4.27. The van der Waals surface area contributed by atoms with Gasteiger partial charge in [-0.25, -0.2) is 0 Å². The van der Waals surface area contributed by atoms with Gasteiger partial charge >= 0.3 is 0 Å². The molecule has 0 bridgehead atoms. The quantitative estimate of drug-likeness (QED) is 0.788. The van der Waals surface area contributed by atoms with Crippen LogP contribution >= 0.6 is 0 Å². The smallest absolute Gasteiger partial charge is 0.170 e. The van der Waals surface area contributed by atoms with Crippen molar-refractivity contribution < 1.29 is 14.6 Å². The molecular formula is C21H25NO3. The van der Waals surface area contributed by atoms with Crippen LogP contribution in [0.25, 0.3) is 0 Å². The topological polar surface area (TPSA) is 49.8 Å². The molecule has 1 aliphatic heterocycles. The van der Waals surface area contributed by atoms with E-state index < -0.39 is 5.60 Å². The Kier molecular flexibility index (Phi) is 5.84. The molecule has 1 saturated heterocycles. The van der Waals surface area contributed by atoms with Gasteiger partial charge in [0.05, 0.1) is 0 Å². The second-order valence-corrected chi connectivity index (χ2v) is 6.53. The Bertz CT molecular complexity index is 665. The van der Waals surface area contributed by atoms with E-state index >= 15 is 0 Å². The molecule has 1 N–H and O–H groups in total. The van der Waals surface area contributed by atoms with Gasteiger partial charge in [-0.05, 0) is 49.2 Å². The van der Waals surface area contributed by atoms with Gasteiger partial charge in [0.15, 0.2) is 11.9 Å². The molecule has 1 aliphatic rings. The van der Waals surface area contributed by atoms with E-state index in [1.54, 1.807) is 24.3 Å². The average Bonchev–Trinajstić information content (AvgIpc) is 2.69. The van der Waals surface area contributed by atoms with Crippen molar-refractivity contribution in [3.63, 3.8) is 0 Å². The summed E-state index contributed by atoms with van der Waals surface area (Å²) in [7, 11) is 0. The lowest BCUT2D eigenvalue weighted by Crippen LogP contribution is -2.33. The normalized spacial score (nSPS) is 17.6. The van der Waals surface area contributed by atoms with Gasteiger partial charge in [0.1, 0.15) is 12.4 Å². The Morgan fingerprint density at radius 1 is 0.960 bits per heavy atom. The molecule has 0 aromatic heterocycles. The van der Waals surface area contributed by atoms with E-state index in [0.29, 0.717) is 24.0 Å². The number of likely N-dealkylation sites (tertiary alicyclic amines) is 1. The van der Waals surface area contributed by atoms with E-state index in [1.165, 1.54) is 19.3 Å². The van der Waals surface area contributed by atoms with E-state index in [4.69, 9.17) is 4.74 Å². The van der Waals surface area contributed by atoms with Crippen LogP contribution in [0, 0.1) is 0 Å². The number of aliphatic hydroxyl groups is 1. The number of carbonyl (C=O) groups excluding carboxylic acids is 1. The number of hydrogen-bond acceptors (Lipinski definition) is 4. The molecule has 25 heavy (non-hydrogen) atoms. The summed E-state index contributed by atoms with van der Waals surface area (Å²) in [6.45, 7) is 3.90. The molecule has 2 aromatic rings. The van der Waals surface area contributed by atoms with Crippen LogP contribution in [0.5, 0.6) is 5.75 Å². The molecule has 0 amide bonds. The SMILES string of the molecule is O=CC(O)(c1ccccc1)c1ccc(OCCN2CCCCC2)cc1. The fourth-order valence-corrected chi connectivity index (χ4v) is 3.28. The van der Waals surface area contributed by atoms with Crippen LogP contribution in [0.15, 0.2) is 54.6 Å². The molecule has 0 aliphatic carbocycles. The number of nitrogens with zero attached hydrogens (tertiary/aromatic N) is 1. The van der Waals surface area contributed by atoms with Crippen LogP contribution in [0.4, 0.5) is 0 Å². The molecule has 1 atom stereocenters. The van der Waals surface area contributed by atoms with Crippen molar-refractivity contribution in [2.45, 2.75) is 24.9 Å². The molecule has 4 heteroatoms. The number of hydrogen-bond donors (Lipinski definition) is 1. The van der Waals surface area contributed by atoms with E-state index in [1.807, 2.05) is 30.3 Å². The molecule has 4 nitrogen and oxygen atoms in total. The van der Waals surface area contributed by atoms with Crippen LogP contribution in [0.2, 0.25) is 0 Å². The Labute approximate surface area is 149 Å². The van der Waals surface area contributed by atoms with Crippen LogP contribution in [-0.4, -0.2) is 42.5 Å². The second kappa shape index (κ2) is 8.28. The van der Waals surface area contributed by atoms with Gasteiger partial charge in [0.2, 0.25) is 0 Å². The molecule has 1 heterocycles. The second-order valence-electron chi connectivity index (χ2n) is 6.53. The highest BCUT2D eigenvalue weighted by Gasteiger charge is 2.30. The molecule has 1 unspecified atom stereocenters. The summed E-state index contributed by atoms with van der Waals surface area (Å²) in [5.74, 6) is 0.752. The minimum atomic E-state index is -1.63. The largest absolute Gasteiger partial charge is 0.492 e. The van der Waals surface area contributed by atoms with Crippen molar-refractivity contribution >= 4 is 6.29 Å². The van der Waals surface area contributed by atoms with Crippen molar-refractivity contribution in [2.24, 2.45) is 0 Å². The van der Waals surface area contributed by atoms with Gasteiger partial charge in [0, 0.05) is 6.54 Å². The lowest BCUT2D eigenvalue weighted by molar-refractivity contribution is -0.121. The Morgan fingerprint density at radius 2 is 1.60 bits per heavy atom. The van der Waals surface area contributed by atoms with Crippen molar-refractivity contribution in [1.82, 2.24) is 4.90 Å². The first-order chi connectivity index (χ1) is 12.2. The number of ether oxygens (including phenoxy) is 1. The monoisotopic (exact) mass is 339 g/mol. The highest BCUT2D eigenvalue weighted by Crippen LogP contribution is 2.28. The number of rotatable bonds is 7. The zero-order valence-electron chi connectivity index (χ0n) is 14.4. The molecular weight excluding hydrogens is 314 g/mol. The van der Waals surface area contributed by atoms with E-state index in [9.17, 15) is 9.90 Å². The summed E-state index contributed by atoms with van der Waals surface area (Å²) < 4.78 is 5.80.